The van der Waals surface area contributed by atoms with Crippen molar-refractivity contribution in [3.05, 3.63) is 57.7 Å². The second kappa shape index (κ2) is 7.84. The smallest absolute Gasteiger partial charge is 0.248 e. The molecule has 0 fully saturated rings. The Balaban J connectivity index is 2.14. The van der Waals surface area contributed by atoms with Crippen LogP contribution in [0.5, 0.6) is 11.5 Å². The number of para-hydroxylation sites is 1. The lowest BCUT2D eigenvalue weighted by Gasteiger charge is -2.07. The maximum atomic E-state index is 12.0. The van der Waals surface area contributed by atoms with Crippen LogP contribution in [-0.4, -0.2) is 20.1 Å². The topological polar surface area (TPSA) is 47.6 Å². The molecule has 1 amide bonds. The van der Waals surface area contributed by atoms with Gasteiger partial charge in [-0.2, -0.15) is 0 Å². The zero-order valence-electron chi connectivity index (χ0n) is 12.3. The van der Waals surface area contributed by atoms with Crippen molar-refractivity contribution in [2.24, 2.45) is 0 Å². The van der Waals surface area contributed by atoms with E-state index in [0.717, 1.165) is 14.8 Å². The maximum Gasteiger partial charge on any atom is 0.248 e. The average Bonchev–Trinajstić information content (AvgIpc) is 2.54. The van der Waals surface area contributed by atoms with E-state index in [4.69, 9.17) is 9.47 Å². The van der Waals surface area contributed by atoms with Gasteiger partial charge in [-0.15, -0.1) is 0 Å². The zero-order valence-corrected chi connectivity index (χ0v) is 14.5. The number of benzene rings is 2. The standard InChI is InChI=1S/C17H16INO3/c1-21-13-8-9-16(22-2)12(11-13)7-10-17(20)19-15-6-4-3-5-14(15)18/h3-11H,1-2H3,(H,19,20)/b10-7+. The van der Waals surface area contributed by atoms with Gasteiger partial charge < -0.3 is 14.8 Å². The van der Waals surface area contributed by atoms with Crippen molar-refractivity contribution in [2.45, 2.75) is 0 Å². The highest BCUT2D eigenvalue weighted by Crippen LogP contribution is 2.25. The van der Waals surface area contributed by atoms with E-state index in [1.165, 1.54) is 6.08 Å². The number of anilines is 1. The van der Waals surface area contributed by atoms with E-state index >= 15 is 0 Å². The van der Waals surface area contributed by atoms with Crippen molar-refractivity contribution in [1.29, 1.82) is 0 Å². The third kappa shape index (κ3) is 4.24. The van der Waals surface area contributed by atoms with E-state index in [1.807, 2.05) is 36.4 Å². The van der Waals surface area contributed by atoms with Crippen molar-refractivity contribution in [2.75, 3.05) is 19.5 Å². The van der Waals surface area contributed by atoms with E-state index in [2.05, 4.69) is 27.9 Å². The number of ether oxygens (including phenoxy) is 2. The Morgan fingerprint density at radius 2 is 1.91 bits per heavy atom. The summed E-state index contributed by atoms with van der Waals surface area (Å²) in [4.78, 5) is 12.0. The average molecular weight is 409 g/mol. The molecule has 2 aromatic carbocycles. The molecule has 0 aliphatic rings. The quantitative estimate of drug-likeness (QED) is 0.601. The summed E-state index contributed by atoms with van der Waals surface area (Å²) in [5, 5.41) is 2.84. The molecule has 22 heavy (non-hydrogen) atoms. The number of nitrogens with one attached hydrogen (secondary N) is 1. The minimum Gasteiger partial charge on any atom is -0.497 e. The molecule has 0 saturated carbocycles. The molecule has 0 bridgehead atoms. The second-order valence-corrected chi connectivity index (χ2v) is 5.57. The summed E-state index contributed by atoms with van der Waals surface area (Å²) >= 11 is 2.18. The Hall–Kier alpha value is -2.02. The molecule has 0 unspecified atom stereocenters. The van der Waals surface area contributed by atoms with Gasteiger partial charge in [0.05, 0.1) is 19.9 Å². The summed E-state index contributed by atoms with van der Waals surface area (Å²) in [6.07, 6.45) is 3.17. The fourth-order valence-electron chi connectivity index (χ4n) is 1.87. The molecule has 0 aliphatic heterocycles. The van der Waals surface area contributed by atoms with Gasteiger partial charge in [-0.25, -0.2) is 0 Å². The summed E-state index contributed by atoms with van der Waals surface area (Å²) in [5.74, 6) is 1.19. The molecule has 114 valence electrons. The third-order valence-corrected chi connectivity index (χ3v) is 3.92. The Morgan fingerprint density at radius 3 is 2.59 bits per heavy atom. The minimum absolute atomic E-state index is 0.200. The van der Waals surface area contributed by atoms with E-state index in [-0.39, 0.29) is 5.91 Å². The molecule has 0 spiro atoms. The third-order valence-electron chi connectivity index (χ3n) is 2.98. The maximum absolute atomic E-state index is 12.0. The number of carbonyl (C=O) groups is 1. The summed E-state index contributed by atoms with van der Waals surface area (Å²) in [5.41, 5.74) is 1.56. The van der Waals surface area contributed by atoms with Crippen molar-refractivity contribution in [3.8, 4) is 11.5 Å². The van der Waals surface area contributed by atoms with Gasteiger partial charge in [0.25, 0.3) is 0 Å². The zero-order chi connectivity index (χ0) is 15.9. The molecule has 2 aromatic rings. The lowest BCUT2D eigenvalue weighted by atomic mass is 10.1. The normalized spacial score (nSPS) is 10.5. The van der Waals surface area contributed by atoms with Gasteiger partial charge >= 0.3 is 0 Å². The molecule has 0 aromatic heterocycles. The van der Waals surface area contributed by atoms with Gasteiger partial charge in [0.1, 0.15) is 11.5 Å². The van der Waals surface area contributed by atoms with Crippen LogP contribution in [0.25, 0.3) is 6.08 Å². The Morgan fingerprint density at radius 1 is 1.14 bits per heavy atom. The Labute approximate surface area is 143 Å². The van der Waals surface area contributed by atoms with Crippen LogP contribution in [0, 0.1) is 3.57 Å². The van der Waals surface area contributed by atoms with Crippen molar-refractivity contribution < 1.29 is 14.3 Å². The number of halogens is 1. The van der Waals surface area contributed by atoms with E-state index in [0.29, 0.717) is 11.5 Å². The van der Waals surface area contributed by atoms with Crippen molar-refractivity contribution in [3.63, 3.8) is 0 Å². The lowest BCUT2D eigenvalue weighted by molar-refractivity contribution is -0.111. The second-order valence-electron chi connectivity index (χ2n) is 4.41. The number of rotatable bonds is 5. The van der Waals surface area contributed by atoms with Crippen LogP contribution in [-0.2, 0) is 4.79 Å². The van der Waals surface area contributed by atoms with Crippen molar-refractivity contribution in [1.82, 2.24) is 0 Å². The molecular weight excluding hydrogens is 393 g/mol. The first-order chi connectivity index (χ1) is 10.6. The van der Waals surface area contributed by atoms with Gasteiger partial charge in [0, 0.05) is 15.2 Å². The van der Waals surface area contributed by atoms with Gasteiger partial charge in [0.2, 0.25) is 5.91 Å². The number of hydrogen-bond donors (Lipinski definition) is 1. The highest BCUT2D eigenvalue weighted by atomic mass is 127. The summed E-state index contributed by atoms with van der Waals surface area (Å²) in [7, 11) is 3.19. The number of amides is 1. The fraction of sp³-hybridized carbons (Fsp3) is 0.118. The fourth-order valence-corrected chi connectivity index (χ4v) is 2.39. The Bertz CT molecular complexity index is 698. The van der Waals surface area contributed by atoms with Crippen LogP contribution in [0.1, 0.15) is 5.56 Å². The van der Waals surface area contributed by atoms with Crippen LogP contribution in [0.4, 0.5) is 5.69 Å². The summed E-state index contributed by atoms with van der Waals surface area (Å²) < 4.78 is 11.4. The summed E-state index contributed by atoms with van der Waals surface area (Å²) in [6.45, 7) is 0. The first-order valence-electron chi connectivity index (χ1n) is 6.59. The molecule has 0 aliphatic carbocycles. The van der Waals surface area contributed by atoms with Gasteiger partial charge in [0.15, 0.2) is 0 Å². The molecule has 4 nitrogen and oxygen atoms in total. The minimum atomic E-state index is -0.200. The first-order valence-corrected chi connectivity index (χ1v) is 7.67. The number of carbonyl (C=O) groups excluding carboxylic acids is 1. The monoisotopic (exact) mass is 409 g/mol. The highest BCUT2D eigenvalue weighted by Gasteiger charge is 2.04. The van der Waals surface area contributed by atoms with Crippen LogP contribution in [0.2, 0.25) is 0 Å². The predicted octanol–water partition coefficient (Wildman–Crippen LogP) is 3.96. The van der Waals surface area contributed by atoms with Crippen LogP contribution in [0.3, 0.4) is 0 Å². The SMILES string of the molecule is COc1ccc(OC)c(/C=C/C(=O)Nc2ccccc2I)c1. The largest absolute Gasteiger partial charge is 0.497 e. The molecule has 0 radical (unpaired) electrons. The van der Waals surface area contributed by atoms with Crippen LogP contribution >= 0.6 is 22.6 Å². The van der Waals surface area contributed by atoms with Crippen molar-refractivity contribution >= 4 is 40.3 Å². The molecular formula is C17H16INO3. The van der Waals surface area contributed by atoms with Crippen LogP contribution < -0.4 is 14.8 Å². The Kier molecular flexibility index (Phi) is 5.83. The number of hydrogen-bond acceptors (Lipinski definition) is 3. The van der Waals surface area contributed by atoms with Gasteiger partial charge in [-0.1, -0.05) is 12.1 Å². The molecule has 2 rings (SSSR count). The van der Waals surface area contributed by atoms with E-state index in [1.54, 1.807) is 26.4 Å². The first kappa shape index (κ1) is 16.4. The molecule has 0 atom stereocenters. The predicted molar refractivity (Wildman–Crippen MR) is 96.4 cm³/mol. The molecule has 5 heteroatoms. The van der Waals surface area contributed by atoms with Gasteiger partial charge in [-0.05, 0) is 59.0 Å². The molecule has 0 heterocycles. The number of methoxy groups -OCH3 is 2. The van der Waals surface area contributed by atoms with E-state index in [9.17, 15) is 4.79 Å². The lowest BCUT2D eigenvalue weighted by Crippen LogP contribution is -2.08. The molecule has 1 N–H and O–H groups in total. The summed E-state index contributed by atoms with van der Waals surface area (Å²) in [6, 6.07) is 13.0. The molecule has 0 saturated heterocycles. The highest BCUT2D eigenvalue weighted by molar-refractivity contribution is 14.1. The van der Waals surface area contributed by atoms with Gasteiger partial charge in [-0.3, -0.25) is 4.79 Å². The van der Waals surface area contributed by atoms with E-state index < -0.39 is 0 Å². The van der Waals surface area contributed by atoms with Crippen LogP contribution in [0.15, 0.2) is 48.5 Å².